The average molecular weight is 283 g/mol. The highest BCUT2D eigenvalue weighted by Gasteiger charge is 2.20. The minimum atomic E-state index is -0.338. The largest absolute Gasteiger partial charge is 0.481 e. The van der Waals surface area contributed by atoms with Crippen molar-refractivity contribution in [2.45, 2.75) is 13.8 Å². The molecule has 2 rings (SSSR count). The Balaban J connectivity index is 2.37. The van der Waals surface area contributed by atoms with Crippen LogP contribution in [0.25, 0.3) is 5.70 Å². The molecular weight excluding hydrogens is 265 g/mol. The van der Waals surface area contributed by atoms with Crippen molar-refractivity contribution >= 4 is 5.70 Å². The highest BCUT2D eigenvalue weighted by atomic mass is 19.1. The Morgan fingerprint density at radius 2 is 2.14 bits per heavy atom. The van der Waals surface area contributed by atoms with Gasteiger partial charge in [-0.3, -0.25) is 0 Å². The van der Waals surface area contributed by atoms with E-state index in [2.05, 4.69) is 12.5 Å². The first kappa shape index (κ1) is 14.9. The van der Waals surface area contributed by atoms with Crippen molar-refractivity contribution in [2.75, 3.05) is 13.2 Å². The molecule has 0 bridgehead atoms. The van der Waals surface area contributed by atoms with Gasteiger partial charge in [0.25, 0.3) is 0 Å². The molecule has 1 aliphatic rings. The first-order valence-corrected chi connectivity index (χ1v) is 6.80. The summed E-state index contributed by atoms with van der Waals surface area (Å²) in [5.41, 5.74) is 3.29. The van der Waals surface area contributed by atoms with Crippen molar-refractivity contribution in [3.8, 4) is 18.1 Å². The highest BCUT2D eigenvalue weighted by molar-refractivity contribution is 5.71. The topological polar surface area (TPSA) is 12.5 Å². The van der Waals surface area contributed by atoms with E-state index in [1.165, 1.54) is 6.07 Å². The van der Waals surface area contributed by atoms with Gasteiger partial charge in [-0.25, -0.2) is 4.39 Å². The summed E-state index contributed by atoms with van der Waals surface area (Å²) in [7, 11) is 0. The van der Waals surface area contributed by atoms with Crippen molar-refractivity contribution in [3.05, 3.63) is 59.6 Å². The van der Waals surface area contributed by atoms with E-state index in [9.17, 15) is 4.39 Å². The van der Waals surface area contributed by atoms with Gasteiger partial charge in [0.05, 0.1) is 5.70 Å². The van der Waals surface area contributed by atoms with Gasteiger partial charge >= 0.3 is 0 Å². The van der Waals surface area contributed by atoms with Gasteiger partial charge in [-0.1, -0.05) is 18.6 Å². The second-order valence-corrected chi connectivity index (χ2v) is 4.73. The number of likely N-dealkylation sites (N-methyl/N-ethyl adjacent to an activating group) is 1. The maximum atomic E-state index is 14.3. The molecule has 0 radical (unpaired) electrons. The number of halogens is 1. The SMILES string of the molecule is C#CCOc1ccc(C2=CC=C(C)C(=C)N2CC)c(F)c1. The molecule has 0 saturated heterocycles. The second-order valence-electron chi connectivity index (χ2n) is 4.73. The molecule has 21 heavy (non-hydrogen) atoms. The van der Waals surface area contributed by atoms with E-state index < -0.39 is 0 Å². The van der Waals surface area contributed by atoms with Gasteiger partial charge in [-0.15, -0.1) is 6.42 Å². The normalized spacial score (nSPS) is 14.4. The third-order valence-electron chi connectivity index (χ3n) is 3.42. The van der Waals surface area contributed by atoms with Crippen LogP contribution in [0.2, 0.25) is 0 Å². The number of allylic oxidation sites excluding steroid dienone is 3. The summed E-state index contributed by atoms with van der Waals surface area (Å²) in [5.74, 6) is 2.45. The fourth-order valence-corrected chi connectivity index (χ4v) is 2.26. The molecule has 1 aliphatic heterocycles. The van der Waals surface area contributed by atoms with Crippen LogP contribution in [0.15, 0.2) is 48.2 Å². The van der Waals surface area contributed by atoms with Gasteiger partial charge in [-0.2, -0.15) is 0 Å². The minimum absolute atomic E-state index is 0.126. The molecule has 0 amide bonds. The molecule has 0 N–H and O–H groups in total. The number of nitrogens with zero attached hydrogens (tertiary/aromatic N) is 1. The van der Waals surface area contributed by atoms with Gasteiger partial charge < -0.3 is 9.64 Å². The summed E-state index contributed by atoms with van der Waals surface area (Å²) in [6, 6.07) is 4.78. The van der Waals surface area contributed by atoms with E-state index in [1.54, 1.807) is 12.1 Å². The van der Waals surface area contributed by atoms with E-state index in [1.807, 2.05) is 30.9 Å². The van der Waals surface area contributed by atoms with Crippen LogP contribution in [0.1, 0.15) is 19.4 Å². The molecule has 0 aliphatic carbocycles. The van der Waals surface area contributed by atoms with Crippen LogP contribution in [0.3, 0.4) is 0 Å². The number of benzene rings is 1. The Labute approximate surface area is 125 Å². The van der Waals surface area contributed by atoms with Crippen LogP contribution in [-0.4, -0.2) is 18.1 Å². The summed E-state index contributed by atoms with van der Waals surface area (Å²) < 4.78 is 19.6. The highest BCUT2D eigenvalue weighted by Crippen LogP contribution is 2.32. The molecule has 1 aromatic carbocycles. The van der Waals surface area contributed by atoms with Crippen LogP contribution in [0.4, 0.5) is 4.39 Å². The number of rotatable bonds is 4. The number of hydrogen-bond donors (Lipinski definition) is 0. The predicted octanol–water partition coefficient (Wildman–Crippen LogP) is 3.97. The van der Waals surface area contributed by atoms with E-state index in [-0.39, 0.29) is 12.4 Å². The molecule has 0 fully saturated rings. The third-order valence-corrected chi connectivity index (χ3v) is 3.42. The Morgan fingerprint density at radius 3 is 2.76 bits per heavy atom. The van der Waals surface area contributed by atoms with Crippen molar-refractivity contribution in [1.82, 2.24) is 4.90 Å². The van der Waals surface area contributed by atoms with Crippen LogP contribution in [-0.2, 0) is 0 Å². The maximum absolute atomic E-state index is 14.3. The van der Waals surface area contributed by atoms with Gasteiger partial charge in [0.2, 0.25) is 0 Å². The summed E-state index contributed by atoms with van der Waals surface area (Å²) in [4.78, 5) is 2.00. The zero-order valence-electron chi connectivity index (χ0n) is 12.3. The van der Waals surface area contributed by atoms with Gasteiger partial charge in [0, 0.05) is 23.9 Å². The lowest BCUT2D eigenvalue weighted by Crippen LogP contribution is -2.23. The average Bonchev–Trinajstić information content (AvgIpc) is 2.48. The standard InChI is InChI=1S/C18H18FNO/c1-5-11-21-15-8-9-16(17(19)12-15)18-10-7-13(3)14(4)20(18)6-2/h1,7-10,12H,4,6,11H2,2-3H3. The molecule has 3 heteroatoms. The smallest absolute Gasteiger partial charge is 0.148 e. The number of ether oxygens (including phenoxy) is 1. The molecule has 0 spiro atoms. The Bertz CT molecular complexity index is 664. The van der Waals surface area contributed by atoms with Crippen LogP contribution in [0.5, 0.6) is 5.75 Å². The summed E-state index contributed by atoms with van der Waals surface area (Å²) in [6.07, 6.45) is 8.99. The lowest BCUT2D eigenvalue weighted by atomic mass is 10.0. The number of terminal acetylenes is 1. The molecule has 1 aromatic rings. The Hall–Kier alpha value is -2.47. The van der Waals surface area contributed by atoms with Crippen molar-refractivity contribution < 1.29 is 9.13 Å². The zero-order valence-corrected chi connectivity index (χ0v) is 12.3. The quantitative estimate of drug-likeness (QED) is 0.775. The van der Waals surface area contributed by atoms with Crippen molar-refractivity contribution in [2.24, 2.45) is 0 Å². The summed E-state index contributed by atoms with van der Waals surface area (Å²) in [5, 5.41) is 0. The molecule has 0 saturated carbocycles. The van der Waals surface area contributed by atoms with Crippen molar-refractivity contribution in [3.63, 3.8) is 0 Å². The first-order chi connectivity index (χ1) is 10.1. The molecule has 108 valence electrons. The number of hydrogen-bond acceptors (Lipinski definition) is 2. The summed E-state index contributed by atoms with van der Waals surface area (Å²) in [6.45, 7) is 8.92. The predicted molar refractivity (Wildman–Crippen MR) is 84.0 cm³/mol. The van der Waals surface area contributed by atoms with E-state index in [4.69, 9.17) is 11.2 Å². The van der Waals surface area contributed by atoms with E-state index in [0.717, 1.165) is 23.5 Å². The van der Waals surface area contributed by atoms with Gasteiger partial charge in [-0.05, 0) is 37.6 Å². The monoisotopic (exact) mass is 283 g/mol. The first-order valence-electron chi connectivity index (χ1n) is 6.80. The molecular formula is C18H18FNO. The van der Waals surface area contributed by atoms with E-state index in [0.29, 0.717) is 11.3 Å². The minimum Gasteiger partial charge on any atom is -0.481 e. The molecule has 2 nitrogen and oxygen atoms in total. The lowest BCUT2D eigenvalue weighted by Gasteiger charge is -2.31. The van der Waals surface area contributed by atoms with Crippen LogP contribution < -0.4 is 4.74 Å². The van der Waals surface area contributed by atoms with Crippen molar-refractivity contribution in [1.29, 1.82) is 0 Å². The summed E-state index contributed by atoms with van der Waals surface area (Å²) >= 11 is 0. The van der Waals surface area contributed by atoms with Crippen LogP contribution >= 0.6 is 0 Å². The van der Waals surface area contributed by atoms with Crippen LogP contribution in [0, 0.1) is 18.2 Å². The third kappa shape index (κ3) is 3.00. The molecule has 1 heterocycles. The van der Waals surface area contributed by atoms with E-state index >= 15 is 0 Å². The molecule has 0 atom stereocenters. The Morgan fingerprint density at radius 1 is 1.38 bits per heavy atom. The Kier molecular flexibility index (Phi) is 4.49. The fourth-order valence-electron chi connectivity index (χ4n) is 2.26. The van der Waals surface area contributed by atoms with Gasteiger partial charge in [0.1, 0.15) is 18.2 Å². The molecule has 0 unspecified atom stereocenters. The lowest BCUT2D eigenvalue weighted by molar-refractivity contribution is 0.367. The second kappa shape index (κ2) is 6.32. The maximum Gasteiger partial charge on any atom is 0.148 e. The molecule has 0 aromatic heterocycles. The zero-order chi connectivity index (χ0) is 15.4. The van der Waals surface area contributed by atoms with Gasteiger partial charge in [0.15, 0.2) is 0 Å². The fraction of sp³-hybridized carbons (Fsp3) is 0.222.